The summed E-state index contributed by atoms with van der Waals surface area (Å²) in [5.41, 5.74) is 0. The van der Waals surface area contributed by atoms with E-state index in [1.807, 2.05) is 0 Å². The summed E-state index contributed by atoms with van der Waals surface area (Å²) in [6.07, 6.45) is 66.7. The van der Waals surface area contributed by atoms with Gasteiger partial charge in [0.25, 0.3) is 0 Å². The van der Waals surface area contributed by atoms with Gasteiger partial charge in [-0.1, -0.05) is 182 Å². The lowest BCUT2D eigenvalue weighted by Gasteiger charge is -2.18. The minimum Gasteiger partial charge on any atom is -0.462 e. The van der Waals surface area contributed by atoms with E-state index >= 15 is 0 Å². The smallest absolute Gasteiger partial charge is 0.306 e. The molecular weight excluding hydrogens is 781 g/mol. The Hall–Kier alpha value is -3.67. The fraction of sp³-hybridized carbons (Fsp3) is 0.667. The maximum atomic E-state index is 12.8. The Kier molecular flexibility index (Phi) is 48.0. The second-order valence-corrected chi connectivity index (χ2v) is 16.7. The van der Waals surface area contributed by atoms with Gasteiger partial charge in [0.2, 0.25) is 0 Å². The molecule has 358 valence electrons. The van der Waals surface area contributed by atoms with E-state index in [0.717, 1.165) is 128 Å². The predicted molar refractivity (Wildman–Crippen MR) is 270 cm³/mol. The Bertz CT molecular complexity index is 1220. The molecule has 0 atom stereocenters. The Labute approximate surface area is 387 Å². The highest BCUT2D eigenvalue weighted by Crippen LogP contribution is 2.12. The molecule has 0 rings (SSSR count). The summed E-state index contributed by atoms with van der Waals surface area (Å²) in [6.45, 7) is 6.40. The zero-order valence-corrected chi connectivity index (χ0v) is 40.8. The molecule has 0 radical (unpaired) electrons. The minimum atomic E-state index is -0.811. The second-order valence-electron chi connectivity index (χ2n) is 16.7. The lowest BCUT2D eigenvalue weighted by atomic mass is 10.1. The van der Waals surface area contributed by atoms with Crippen LogP contribution >= 0.6 is 0 Å². The quantitative estimate of drug-likeness (QED) is 0.0262. The molecule has 0 unspecified atom stereocenters. The van der Waals surface area contributed by atoms with E-state index in [9.17, 15) is 14.4 Å². The summed E-state index contributed by atoms with van der Waals surface area (Å²) in [6, 6.07) is 0. The van der Waals surface area contributed by atoms with Crippen molar-refractivity contribution in [3.8, 4) is 0 Å². The zero-order chi connectivity index (χ0) is 45.8. The number of carbonyl (C=O) groups is 3. The fourth-order valence-corrected chi connectivity index (χ4v) is 6.67. The molecule has 0 heterocycles. The summed E-state index contributed by atoms with van der Waals surface area (Å²) in [4.78, 5) is 38.0. The van der Waals surface area contributed by atoms with Crippen molar-refractivity contribution in [3.05, 3.63) is 97.2 Å². The van der Waals surface area contributed by atoms with Gasteiger partial charge in [0.1, 0.15) is 13.2 Å². The monoisotopic (exact) mass is 875 g/mol. The Morgan fingerprint density at radius 2 is 0.619 bits per heavy atom. The molecule has 0 aromatic carbocycles. The number of ether oxygens (including phenoxy) is 3. The predicted octanol–water partition coefficient (Wildman–Crippen LogP) is 17.0. The first kappa shape index (κ1) is 59.3. The van der Waals surface area contributed by atoms with Crippen LogP contribution in [0.25, 0.3) is 0 Å². The molecular formula is C57H94O6. The van der Waals surface area contributed by atoms with Crippen LogP contribution in [0, 0.1) is 0 Å². The summed E-state index contributed by atoms with van der Waals surface area (Å²) in [7, 11) is 0. The lowest BCUT2D eigenvalue weighted by Crippen LogP contribution is -2.30. The standard InChI is InChI=1S/C57H94O6/c1-4-7-10-13-16-19-22-25-28-31-34-37-40-43-46-49-55(58)61-52-54(63-57(60)51-48-45-42-39-36-33-30-27-24-21-18-15-12-9-6-3)53-62-56(59)50-47-44-41-38-35-32-29-26-23-20-17-14-11-8-5-2/h9,12,16-21,25-30,36,39,54H,4-8,10-11,13-15,22-24,31-35,37-38,40-53H2,1-3H3/b12-9-,19-16-,20-17-,21-18-,28-25-,29-26-,30-27-,39-36-. The van der Waals surface area contributed by atoms with Crippen LogP contribution in [0.15, 0.2) is 97.2 Å². The van der Waals surface area contributed by atoms with Gasteiger partial charge in [-0.2, -0.15) is 0 Å². The summed E-state index contributed by atoms with van der Waals surface area (Å²) < 4.78 is 16.7. The molecule has 0 aromatic rings. The molecule has 0 bridgehead atoms. The molecule has 0 N–H and O–H groups in total. The third kappa shape index (κ3) is 49.2. The molecule has 0 saturated carbocycles. The number of hydrogen-bond donors (Lipinski definition) is 0. The summed E-state index contributed by atoms with van der Waals surface area (Å²) >= 11 is 0. The van der Waals surface area contributed by atoms with Crippen LogP contribution in [-0.2, 0) is 28.6 Å². The number of allylic oxidation sites excluding steroid dienone is 16. The molecule has 6 nitrogen and oxygen atoms in total. The van der Waals surface area contributed by atoms with Crippen LogP contribution in [0.4, 0.5) is 0 Å². The van der Waals surface area contributed by atoms with Crippen molar-refractivity contribution in [2.45, 2.75) is 232 Å². The van der Waals surface area contributed by atoms with Crippen LogP contribution in [0.3, 0.4) is 0 Å². The third-order valence-corrected chi connectivity index (χ3v) is 10.5. The topological polar surface area (TPSA) is 78.9 Å². The van der Waals surface area contributed by atoms with E-state index in [2.05, 4.69) is 118 Å². The van der Waals surface area contributed by atoms with Crippen molar-refractivity contribution < 1.29 is 28.6 Å². The van der Waals surface area contributed by atoms with E-state index in [0.29, 0.717) is 19.3 Å². The summed E-state index contributed by atoms with van der Waals surface area (Å²) in [5, 5.41) is 0. The van der Waals surface area contributed by atoms with Crippen molar-refractivity contribution in [3.63, 3.8) is 0 Å². The molecule has 63 heavy (non-hydrogen) atoms. The third-order valence-electron chi connectivity index (χ3n) is 10.5. The Morgan fingerprint density at radius 3 is 1.00 bits per heavy atom. The van der Waals surface area contributed by atoms with Crippen LogP contribution < -0.4 is 0 Å². The highest BCUT2D eigenvalue weighted by Gasteiger charge is 2.19. The number of hydrogen-bond acceptors (Lipinski definition) is 6. The van der Waals surface area contributed by atoms with Gasteiger partial charge in [0.05, 0.1) is 0 Å². The molecule has 0 aliphatic rings. The van der Waals surface area contributed by atoms with E-state index in [1.54, 1.807) is 0 Å². The maximum Gasteiger partial charge on any atom is 0.306 e. The Balaban J connectivity index is 4.52. The molecule has 6 heteroatoms. The van der Waals surface area contributed by atoms with Crippen molar-refractivity contribution in [2.75, 3.05) is 13.2 Å². The average molecular weight is 875 g/mol. The molecule has 0 spiro atoms. The van der Waals surface area contributed by atoms with Crippen molar-refractivity contribution in [2.24, 2.45) is 0 Å². The molecule has 0 fully saturated rings. The first-order chi connectivity index (χ1) is 31.0. The van der Waals surface area contributed by atoms with Crippen LogP contribution in [0.2, 0.25) is 0 Å². The molecule has 0 aliphatic carbocycles. The number of rotatable bonds is 45. The molecule has 0 aromatic heterocycles. The minimum absolute atomic E-state index is 0.107. The molecule has 0 aliphatic heterocycles. The van der Waals surface area contributed by atoms with E-state index in [-0.39, 0.29) is 37.5 Å². The van der Waals surface area contributed by atoms with Crippen LogP contribution in [-0.4, -0.2) is 37.2 Å². The SMILES string of the molecule is CC/C=C\C/C=C\C/C=C\C/C=C\CCCCC(=O)OC(COC(=O)CCCCCCC/C=C\C/C=C\CCCCC)COC(=O)CCCCCCC/C=C\C/C=C\CCCCC. The Morgan fingerprint density at radius 1 is 0.333 bits per heavy atom. The van der Waals surface area contributed by atoms with Gasteiger partial charge >= 0.3 is 17.9 Å². The number of esters is 3. The van der Waals surface area contributed by atoms with Crippen molar-refractivity contribution in [1.82, 2.24) is 0 Å². The van der Waals surface area contributed by atoms with Gasteiger partial charge in [0, 0.05) is 19.3 Å². The second kappa shape index (κ2) is 51.0. The average Bonchev–Trinajstić information content (AvgIpc) is 3.28. The van der Waals surface area contributed by atoms with Gasteiger partial charge in [-0.25, -0.2) is 0 Å². The molecule has 0 amide bonds. The van der Waals surface area contributed by atoms with Gasteiger partial charge < -0.3 is 14.2 Å². The van der Waals surface area contributed by atoms with Crippen molar-refractivity contribution in [1.29, 1.82) is 0 Å². The van der Waals surface area contributed by atoms with Gasteiger partial charge in [-0.3, -0.25) is 14.4 Å². The first-order valence-electron chi connectivity index (χ1n) is 25.7. The molecule has 0 saturated heterocycles. The van der Waals surface area contributed by atoms with E-state index < -0.39 is 6.10 Å². The van der Waals surface area contributed by atoms with Gasteiger partial charge in [-0.05, 0) is 122 Å². The van der Waals surface area contributed by atoms with Gasteiger partial charge in [-0.15, -0.1) is 0 Å². The highest BCUT2D eigenvalue weighted by atomic mass is 16.6. The van der Waals surface area contributed by atoms with Gasteiger partial charge in [0.15, 0.2) is 6.10 Å². The number of carbonyl (C=O) groups excluding carboxylic acids is 3. The van der Waals surface area contributed by atoms with Crippen LogP contribution in [0.1, 0.15) is 226 Å². The number of unbranched alkanes of at least 4 members (excludes halogenated alkanes) is 18. The highest BCUT2D eigenvalue weighted by molar-refractivity contribution is 5.71. The lowest BCUT2D eigenvalue weighted by molar-refractivity contribution is -0.167. The zero-order valence-electron chi connectivity index (χ0n) is 40.8. The van der Waals surface area contributed by atoms with Crippen molar-refractivity contribution >= 4 is 17.9 Å². The summed E-state index contributed by atoms with van der Waals surface area (Å²) in [5.74, 6) is -0.980. The van der Waals surface area contributed by atoms with Crippen LogP contribution in [0.5, 0.6) is 0 Å². The first-order valence-corrected chi connectivity index (χ1v) is 25.7. The largest absolute Gasteiger partial charge is 0.462 e. The van der Waals surface area contributed by atoms with E-state index in [4.69, 9.17) is 14.2 Å². The normalized spacial score (nSPS) is 12.4. The fourth-order valence-electron chi connectivity index (χ4n) is 6.67. The van der Waals surface area contributed by atoms with E-state index in [1.165, 1.54) is 51.4 Å². The maximum absolute atomic E-state index is 12.8.